The van der Waals surface area contributed by atoms with Gasteiger partial charge in [0, 0.05) is 38.9 Å². The number of likely N-dealkylation sites (N-methyl/N-ethyl adjacent to an activating group) is 1. The molecule has 104 valence electrons. The van der Waals surface area contributed by atoms with Crippen molar-refractivity contribution >= 4 is 0 Å². The zero-order chi connectivity index (χ0) is 13.1. The number of hydrogen-bond acceptors (Lipinski definition) is 4. The summed E-state index contributed by atoms with van der Waals surface area (Å²) in [4.78, 5) is 2.44. The number of nitrogens with one attached hydrogen (secondary N) is 1. The van der Waals surface area contributed by atoms with Crippen molar-refractivity contribution in [1.82, 2.24) is 10.2 Å². The fourth-order valence-corrected chi connectivity index (χ4v) is 1.94. The van der Waals surface area contributed by atoms with Crippen LogP contribution in [0.25, 0.3) is 0 Å². The van der Waals surface area contributed by atoms with E-state index >= 15 is 0 Å². The molecule has 0 heterocycles. The number of rotatable bonds is 11. The molecule has 0 fully saturated rings. The van der Waals surface area contributed by atoms with Crippen LogP contribution in [0.3, 0.4) is 0 Å². The Morgan fingerprint density at radius 3 is 2.53 bits per heavy atom. The van der Waals surface area contributed by atoms with Crippen LogP contribution in [-0.2, 0) is 4.74 Å². The molecule has 0 bridgehead atoms. The maximum Gasteiger partial charge on any atom is 0.0589 e. The molecule has 4 heteroatoms. The second kappa shape index (κ2) is 11.0. The lowest BCUT2D eigenvalue weighted by Crippen LogP contribution is -2.46. The minimum Gasteiger partial charge on any atom is -0.396 e. The monoisotopic (exact) mass is 246 g/mol. The predicted molar refractivity (Wildman–Crippen MR) is 72.4 cm³/mol. The first-order chi connectivity index (χ1) is 8.19. The van der Waals surface area contributed by atoms with Gasteiger partial charge >= 0.3 is 0 Å². The molecular formula is C13H30N2O2. The van der Waals surface area contributed by atoms with Gasteiger partial charge in [-0.15, -0.1) is 0 Å². The fraction of sp³-hybridized carbons (Fsp3) is 1.00. The molecule has 17 heavy (non-hydrogen) atoms. The minimum atomic E-state index is 0.246. The Bertz CT molecular complexity index is 161. The molecular weight excluding hydrogens is 216 g/mol. The molecule has 2 unspecified atom stereocenters. The molecule has 0 aromatic rings. The number of nitrogens with zero attached hydrogens (tertiary/aromatic N) is 1. The molecule has 4 nitrogen and oxygen atoms in total. The summed E-state index contributed by atoms with van der Waals surface area (Å²) in [5, 5.41) is 12.5. The van der Waals surface area contributed by atoms with Gasteiger partial charge in [0.05, 0.1) is 6.61 Å². The quantitative estimate of drug-likeness (QED) is 0.573. The second-order valence-corrected chi connectivity index (χ2v) is 4.51. The van der Waals surface area contributed by atoms with Crippen LogP contribution < -0.4 is 5.32 Å². The van der Waals surface area contributed by atoms with Gasteiger partial charge in [0.1, 0.15) is 0 Å². The number of aliphatic hydroxyl groups excluding tert-OH is 1. The van der Waals surface area contributed by atoms with E-state index in [1.807, 2.05) is 0 Å². The average molecular weight is 246 g/mol. The van der Waals surface area contributed by atoms with E-state index in [1.54, 1.807) is 7.11 Å². The number of hydrogen-bond donors (Lipinski definition) is 2. The molecule has 0 aromatic heterocycles. The first kappa shape index (κ1) is 16.8. The molecule has 2 N–H and O–H groups in total. The maximum absolute atomic E-state index is 9.06. The van der Waals surface area contributed by atoms with Gasteiger partial charge in [0.25, 0.3) is 0 Å². The van der Waals surface area contributed by atoms with Gasteiger partial charge in [-0.1, -0.05) is 13.8 Å². The van der Waals surface area contributed by atoms with Crippen LogP contribution >= 0.6 is 0 Å². The van der Waals surface area contributed by atoms with Crippen molar-refractivity contribution in [3.8, 4) is 0 Å². The SMILES string of the molecule is CCNC(CCO)CN(CCOC)C(C)CC. The highest BCUT2D eigenvalue weighted by Crippen LogP contribution is 2.06. The summed E-state index contributed by atoms with van der Waals surface area (Å²) < 4.78 is 5.16. The second-order valence-electron chi connectivity index (χ2n) is 4.51. The van der Waals surface area contributed by atoms with Crippen molar-refractivity contribution in [3.05, 3.63) is 0 Å². The van der Waals surface area contributed by atoms with Crippen LogP contribution in [0.15, 0.2) is 0 Å². The van der Waals surface area contributed by atoms with Crippen molar-refractivity contribution in [2.45, 2.75) is 45.7 Å². The average Bonchev–Trinajstić information content (AvgIpc) is 2.33. The smallest absolute Gasteiger partial charge is 0.0589 e. The lowest BCUT2D eigenvalue weighted by molar-refractivity contribution is 0.110. The molecule has 0 rings (SSSR count). The third kappa shape index (κ3) is 7.71. The summed E-state index contributed by atoms with van der Waals surface area (Å²) in [7, 11) is 1.74. The van der Waals surface area contributed by atoms with Gasteiger partial charge in [-0.2, -0.15) is 0 Å². The molecule has 0 spiro atoms. The van der Waals surface area contributed by atoms with Crippen LogP contribution in [0.1, 0.15) is 33.6 Å². The highest BCUT2D eigenvalue weighted by molar-refractivity contribution is 4.75. The Morgan fingerprint density at radius 1 is 1.35 bits per heavy atom. The van der Waals surface area contributed by atoms with Crippen molar-refractivity contribution in [2.75, 3.05) is 40.0 Å². The molecule has 0 amide bonds. The lowest BCUT2D eigenvalue weighted by atomic mass is 10.1. The number of aliphatic hydroxyl groups is 1. The van der Waals surface area contributed by atoms with E-state index in [0.29, 0.717) is 12.1 Å². The van der Waals surface area contributed by atoms with Gasteiger partial charge in [0.2, 0.25) is 0 Å². The van der Waals surface area contributed by atoms with Gasteiger partial charge in [-0.3, -0.25) is 4.90 Å². The molecule has 0 radical (unpaired) electrons. The lowest BCUT2D eigenvalue weighted by Gasteiger charge is -2.32. The summed E-state index contributed by atoms with van der Waals surface area (Å²) in [6.45, 7) is 10.5. The summed E-state index contributed by atoms with van der Waals surface area (Å²) in [6.07, 6.45) is 1.95. The summed E-state index contributed by atoms with van der Waals surface area (Å²) in [5.74, 6) is 0. The standard InChI is InChI=1S/C13H30N2O2/c1-5-12(3)15(8-10-17-4)11-13(7-9-16)14-6-2/h12-14,16H,5-11H2,1-4H3. The van der Waals surface area contributed by atoms with Crippen LogP contribution in [-0.4, -0.2) is 62.0 Å². The first-order valence-electron chi connectivity index (χ1n) is 6.76. The van der Waals surface area contributed by atoms with Crippen LogP contribution in [0.5, 0.6) is 0 Å². The summed E-state index contributed by atoms with van der Waals surface area (Å²) in [6, 6.07) is 0.931. The first-order valence-corrected chi connectivity index (χ1v) is 6.76. The van der Waals surface area contributed by atoms with E-state index in [4.69, 9.17) is 9.84 Å². The van der Waals surface area contributed by atoms with Gasteiger partial charge in [-0.25, -0.2) is 0 Å². The van der Waals surface area contributed by atoms with Crippen molar-refractivity contribution < 1.29 is 9.84 Å². The summed E-state index contributed by atoms with van der Waals surface area (Å²) >= 11 is 0. The zero-order valence-corrected chi connectivity index (χ0v) is 11.9. The minimum absolute atomic E-state index is 0.246. The van der Waals surface area contributed by atoms with E-state index in [2.05, 4.69) is 31.0 Å². The maximum atomic E-state index is 9.06. The topological polar surface area (TPSA) is 44.7 Å². The summed E-state index contributed by atoms with van der Waals surface area (Å²) in [5.41, 5.74) is 0. The van der Waals surface area contributed by atoms with Gasteiger partial charge < -0.3 is 15.2 Å². The van der Waals surface area contributed by atoms with Gasteiger partial charge in [-0.05, 0) is 26.3 Å². The van der Waals surface area contributed by atoms with Crippen molar-refractivity contribution in [1.29, 1.82) is 0 Å². The largest absolute Gasteiger partial charge is 0.396 e. The molecule has 2 atom stereocenters. The van der Waals surface area contributed by atoms with Crippen LogP contribution in [0.4, 0.5) is 0 Å². The molecule has 0 saturated carbocycles. The zero-order valence-electron chi connectivity index (χ0n) is 11.9. The Kier molecular flexibility index (Phi) is 10.9. The number of ether oxygens (including phenoxy) is 1. The highest BCUT2D eigenvalue weighted by atomic mass is 16.5. The molecule has 0 saturated heterocycles. The molecule has 0 aromatic carbocycles. The predicted octanol–water partition coefficient (Wildman–Crippen LogP) is 1.09. The van der Waals surface area contributed by atoms with Crippen LogP contribution in [0.2, 0.25) is 0 Å². The van der Waals surface area contributed by atoms with E-state index in [0.717, 1.165) is 39.1 Å². The highest BCUT2D eigenvalue weighted by Gasteiger charge is 2.16. The fourth-order valence-electron chi connectivity index (χ4n) is 1.94. The van der Waals surface area contributed by atoms with E-state index in [1.165, 1.54) is 0 Å². The molecule has 0 aliphatic rings. The van der Waals surface area contributed by atoms with Crippen molar-refractivity contribution in [2.24, 2.45) is 0 Å². The third-order valence-corrected chi connectivity index (χ3v) is 3.22. The Labute approximate surface area is 106 Å². The normalized spacial score (nSPS) is 15.2. The van der Waals surface area contributed by atoms with E-state index in [9.17, 15) is 0 Å². The van der Waals surface area contributed by atoms with Gasteiger partial charge in [0.15, 0.2) is 0 Å². The Balaban J connectivity index is 4.24. The number of methoxy groups -OCH3 is 1. The van der Waals surface area contributed by atoms with E-state index < -0.39 is 0 Å². The Morgan fingerprint density at radius 2 is 2.06 bits per heavy atom. The van der Waals surface area contributed by atoms with Crippen molar-refractivity contribution in [3.63, 3.8) is 0 Å². The van der Waals surface area contributed by atoms with E-state index in [-0.39, 0.29) is 6.61 Å². The third-order valence-electron chi connectivity index (χ3n) is 3.22. The van der Waals surface area contributed by atoms with Crippen LogP contribution in [0, 0.1) is 0 Å². The molecule has 0 aliphatic carbocycles. The Hall–Kier alpha value is -0.160. The molecule has 0 aliphatic heterocycles.